The molecule has 0 spiro atoms. The fourth-order valence-corrected chi connectivity index (χ4v) is 2.03. The van der Waals surface area contributed by atoms with E-state index < -0.39 is 0 Å². The zero-order valence-corrected chi connectivity index (χ0v) is 10.9. The molecule has 1 heterocycles. The van der Waals surface area contributed by atoms with E-state index in [0.717, 1.165) is 31.8 Å². The first-order valence-electron chi connectivity index (χ1n) is 6.55. The maximum absolute atomic E-state index is 11.7. The van der Waals surface area contributed by atoms with Gasteiger partial charge in [-0.25, -0.2) is 0 Å². The third kappa shape index (κ3) is 4.97. The van der Waals surface area contributed by atoms with E-state index in [1.807, 2.05) is 0 Å². The predicted octanol–water partition coefficient (Wildman–Crippen LogP) is 2.07. The lowest BCUT2D eigenvalue weighted by molar-refractivity contribution is -0.123. The molecular weight excluding hydrogens is 200 g/mol. The average molecular weight is 226 g/mol. The van der Waals surface area contributed by atoms with Crippen molar-refractivity contribution in [2.45, 2.75) is 58.4 Å². The molecule has 0 radical (unpaired) electrons. The van der Waals surface area contributed by atoms with Gasteiger partial charge in [0.1, 0.15) is 0 Å². The molecule has 2 N–H and O–H groups in total. The van der Waals surface area contributed by atoms with Crippen LogP contribution in [0.3, 0.4) is 0 Å². The van der Waals surface area contributed by atoms with Gasteiger partial charge < -0.3 is 10.6 Å². The lowest BCUT2D eigenvalue weighted by atomic mass is 9.92. The Morgan fingerprint density at radius 1 is 1.38 bits per heavy atom. The van der Waals surface area contributed by atoms with E-state index in [0.29, 0.717) is 6.42 Å². The summed E-state index contributed by atoms with van der Waals surface area (Å²) in [6, 6.07) is 0. The van der Waals surface area contributed by atoms with Gasteiger partial charge in [-0.2, -0.15) is 0 Å². The van der Waals surface area contributed by atoms with E-state index in [-0.39, 0.29) is 11.4 Å². The molecule has 1 amide bonds. The summed E-state index contributed by atoms with van der Waals surface area (Å²) >= 11 is 0. The molecule has 0 unspecified atom stereocenters. The molecule has 0 aromatic heterocycles. The summed E-state index contributed by atoms with van der Waals surface area (Å²) in [5.74, 6) is 0.960. The maximum Gasteiger partial charge on any atom is 0.220 e. The third-order valence-corrected chi connectivity index (χ3v) is 3.60. The van der Waals surface area contributed by atoms with Crippen LogP contribution < -0.4 is 10.6 Å². The smallest absolute Gasteiger partial charge is 0.220 e. The van der Waals surface area contributed by atoms with Crippen LogP contribution in [0.2, 0.25) is 0 Å². The van der Waals surface area contributed by atoms with Crippen molar-refractivity contribution in [3.63, 3.8) is 0 Å². The summed E-state index contributed by atoms with van der Waals surface area (Å²) in [4.78, 5) is 11.7. The molecule has 0 aromatic carbocycles. The second kappa shape index (κ2) is 6.24. The van der Waals surface area contributed by atoms with Crippen LogP contribution in [-0.2, 0) is 4.79 Å². The Morgan fingerprint density at radius 2 is 2.00 bits per heavy atom. The van der Waals surface area contributed by atoms with Gasteiger partial charge in [0.05, 0.1) is 0 Å². The van der Waals surface area contributed by atoms with Crippen LogP contribution in [0.1, 0.15) is 52.9 Å². The van der Waals surface area contributed by atoms with Crippen molar-refractivity contribution in [2.75, 3.05) is 13.1 Å². The van der Waals surface area contributed by atoms with E-state index in [2.05, 4.69) is 31.4 Å². The Hall–Kier alpha value is -0.570. The minimum atomic E-state index is -0.0504. The Balaban J connectivity index is 2.19. The van der Waals surface area contributed by atoms with E-state index in [9.17, 15) is 4.79 Å². The SMILES string of the molecule is CCC(C)(C)NC(=O)CCC1CCNCC1. The van der Waals surface area contributed by atoms with Crippen LogP contribution >= 0.6 is 0 Å². The third-order valence-electron chi connectivity index (χ3n) is 3.60. The second-order valence-electron chi connectivity index (χ2n) is 5.52. The lowest BCUT2D eigenvalue weighted by Gasteiger charge is -2.26. The number of carbonyl (C=O) groups is 1. The highest BCUT2D eigenvalue weighted by atomic mass is 16.1. The first-order chi connectivity index (χ1) is 7.53. The quantitative estimate of drug-likeness (QED) is 0.753. The number of carbonyl (C=O) groups excluding carboxylic acids is 1. The highest BCUT2D eigenvalue weighted by molar-refractivity contribution is 5.76. The molecule has 3 heteroatoms. The van der Waals surface area contributed by atoms with Gasteiger partial charge >= 0.3 is 0 Å². The highest BCUT2D eigenvalue weighted by Gasteiger charge is 2.19. The molecular formula is C13H26N2O. The molecule has 0 bridgehead atoms. The van der Waals surface area contributed by atoms with Gasteiger partial charge in [-0.1, -0.05) is 6.92 Å². The number of piperidine rings is 1. The fraction of sp³-hybridized carbons (Fsp3) is 0.923. The van der Waals surface area contributed by atoms with Gasteiger partial charge in [-0.05, 0) is 58.5 Å². The molecule has 0 saturated carbocycles. The fourth-order valence-electron chi connectivity index (χ4n) is 2.03. The molecule has 1 rings (SSSR count). The Morgan fingerprint density at radius 3 is 2.56 bits per heavy atom. The topological polar surface area (TPSA) is 41.1 Å². The van der Waals surface area contributed by atoms with Crippen LogP contribution in [0.4, 0.5) is 0 Å². The van der Waals surface area contributed by atoms with Crippen molar-refractivity contribution < 1.29 is 4.79 Å². The number of nitrogens with one attached hydrogen (secondary N) is 2. The summed E-state index contributed by atoms with van der Waals surface area (Å²) in [6.45, 7) is 8.50. The first kappa shape index (κ1) is 13.5. The van der Waals surface area contributed by atoms with Crippen molar-refractivity contribution >= 4 is 5.91 Å². The van der Waals surface area contributed by atoms with Gasteiger partial charge in [0.25, 0.3) is 0 Å². The molecule has 1 aliphatic rings. The predicted molar refractivity (Wildman–Crippen MR) is 67.3 cm³/mol. The number of hydrogen-bond donors (Lipinski definition) is 2. The van der Waals surface area contributed by atoms with Gasteiger partial charge in [0.15, 0.2) is 0 Å². The minimum absolute atomic E-state index is 0.0504. The average Bonchev–Trinajstić information content (AvgIpc) is 2.27. The molecule has 0 aromatic rings. The van der Waals surface area contributed by atoms with Crippen molar-refractivity contribution in [1.82, 2.24) is 10.6 Å². The number of hydrogen-bond acceptors (Lipinski definition) is 2. The number of amides is 1. The summed E-state index contributed by atoms with van der Waals surface area (Å²) in [5.41, 5.74) is -0.0504. The van der Waals surface area contributed by atoms with Crippen molar-refractivity contribution in [2.24, 2.45) is 5.92 Å². The molecule has 16 heavy (non-hydrogen) atoms. The van der Waals surface area contributed by atoms with Crippen molar-refractivity contribution in [3.05, 3.63) is 0 Å². The van der Waals surface area contributed by atoms with Crippen LogP contribution in [0.15, 0.2) is 0 Å². The van der Waals surface area contributed by atoms with Crippen LogP contribution in [0, 0.1) is 5.92 Å². The van der Waals surface area contributed by atoms with E-state index >= 15 is 0 Å². The van der Waals surface area contributed by atoms with E-state index in [1.165, 1.54) is 12.8 Å². The molecule has 3 nitrogen and oxygen atoms in total. The molecule has 1 fully saturated rings. The summed E-state index contributed by atoms with van der Waals surface area (Å²) in [7, 11) is 0. The minimum Gasteiger partial charge on any atom is -0.351 e. The monoisotopic (exact) mass is 226 g/mol. The molecule has 0 atom stereocenters. The summed E-state index contributed by atoms with van der Waals surface area (Å²) < 4.78 is 0. The van der Waals surface area contributed by atoms with Crippen molar-refractivity contribution in [3.8, 4) is 0 Å². The Kier molecular flexibility index (Phi) is 5.26. The van der Waals surface area contributed by atoms with Gasteiger partial charge in [-0.3, -0.25) is 4.79 Å². The van der Waals surface area contributed by atoms with Crippen LogP contribution in [0.5, 0.6) is 0 Å². The van der Waals surface area contributed by atoms with Gasteiger partial charge in [0, 0.05) is 12.0 Å². The molecule has 94 valence electrons. The normalized spacial score (nSPS) is 18.4. The number of rotatable bonds is 5. The Labute approximate surface area is 99.4 Å². The van der Waals surface area contributed by atoms with E-state index in [1.54, 1.807) is 0 Å². The first-order valence-corrected chi connectivity index (χ1v) is 6.55. The van der Waals surface area contributed by atoms with Crippen LogP contribution in [0.25, 0.3) is 0 Å². The zero-order chi connectivity index (χ0) is 12.0. The molecule has 1 aliphatic heterocycles. The van der Waals surface area contributed by atoms with Gasteiger partial charge in [-0.15, -0.1) is 0 Å². The molecule has 0 aliphatic carbocycles. The zero-order valence-electron chi connectivity index (χ0n) is 10.9. The van der Waals surface area contributed by atoms with Gasteiger partial charge in [0.2, 0.25) is 5.91 Å². The lowest BCUT2D eigenvalue weighted by Crippen LogP contribution is -2.42. The molecule has 1 saturated heterocycles. The largest absolute Gasteiger partial charge is 0.351 e. The highest BCUT2D eigenvalue weighted by Crippen LogP contribution is 2.18. The van der Waals surface area contributed by atoms with E-state index in [4.69, 9.17) is 0 Å². The summed E-state index contributed by atoms with van der Waals surface area (Å²) in [5, 5.41) is 6.44. The standard InChI is InChI=1S/C13H26N2O/c1-4-13(2,3)15-12(16)6-5-11-7-9-14-10-8-11/h11,14H,4-10H2,1-3H3,(H,15,16). The van der Waals surface area contributed by atoms with Crippen LogP contribution in [-0.4, -0.2) is 24.5 Å². The Bertz CT molecular complexity index is 220. The second-order valence-corrected chi connectivity index (χ2v) is 5.52. The summed E-state index contributed by atoms with van der Waals surface area (Å²) in [6.07, 6.45) is 5.17. The maximum atomic E-state index is 11.7. The van der Waals surface area contributed by atoms with Crippen molar-refractivity contribution in [1.29, 1.82) is 0 Å².